The lowest BCUT2D eigenvalue weighted by Crippen LogP contribution is -2.49. The highest BCUT2D eigenvalue weighted by Gasteiger charge is 2.26. The summed E-state index contributed by atoms with van der Waals surface area (Å²) in [7, 11) is 0. The van der Waals surface area contributed by atoms with E-state index in [0.29, 0.717) is 17.3 Å². The van der Waals surface area contributed by atoms with Crippen LogP contribution in [0.15, 0.2) is 48.5 Å². The van der Waals surface area contributed by atoms with E-state index in [9.17, 15) is 14.0 Å². The topological polar surface area (TPSA) is 58.6 Å². The summed E-state index contributed by atoms with van der Waals surface area (Å²) < 4.78 is 18.8. The number of amides is 2. The minimum absolute atomic E-state index is 0.167. The number of ether oxygens (including phenoxy) is 1. The second-order valence-corrected chi connectivity index (χ2v) is 7.15. The summed E-state index contributed by atoms with van der Waals surface area (Å²) in [5.74, 6) is -0.488. The first kappa shape index (κ1) is 22.7. The van der Waals surface area contributed by atoms with Gasteiger partial charge in [-0.15, -0.1) is 0 Å². The number of carbonyl (C=O) groups is 2. The molecule has 2 amide bonds. The molecular formula is C22H26ClFN2O3. The van der Waals surface area contributed by atoms with Crippen molar-refractivity contribution in [3.63, 3.8) is 0 Å². The van der Waals surface area contributed by atoms with E-state index in [-0.39, 0.29) is 30.8 Å². The fraction of sp³-hybridized carbons (Fsp3) is 0.364. The van der Waals surface area contributed by atoms with E-state index < -0.39 is 6.04 Å². The Bertz CT molecular complexity index is 814. The molecule has 0 saturated heterocycles. The Labute approximate surface area is 175 Å². The first-order chi connectivity index (χ1) is 13.9. The second kappa shape index (κ2) is 11.4. The molecule has 0 aliphatic heterocycles. The predicted octanol–water partition coefficient (Wildman–Crippen LogP) is 4.19. The third-order valence-corrected chi connectivity index (χ3v) is 4.66. The van der Waals surface area contributed by atoms with Crippen LogP contribution in [0.4, 0.5) is 4.39 Å². The smallest absolute Gasteiger partial charge is 0.261 e. The van der Waals surface area contributed by atoms with Gasteiger partial charge in [-0.05, 0) is 49.2 Å². The number of nitrogens with one attached hydrogen (secondary N) is 1. The van der Waals surface area contributed by atoms with Gasteiger partial charge in [0, 0.05) is 18.1 Å². The van der Waals surface area contributed by atoms with Crippen molar-refractivity contribution in [2.75, 3.05) is 13.2 Å². The molecule has 0 spiro atoms. The lowest BCUT2D eigenvalue weighted by Gasteiger charge is -2.28. The minimum atomic E-state index is -0.702. The third-order valence-electron chi connectivity index (χ3n) is 4.42. The van der Waals surface area contributed by atoms with Crippen molar-refractivity contribution in [3.8, 4) is 5.75 Å². The van der Waals surface area contributed by atoms with Gasteiger partial charge < -0.3 is 15.0 Å². The highest BCUT2D eigenvalue weighted by atomic mass is 35.5. The molecule has 0 aliphatic rings. The summed E-state index contributed by atoms with van der Waals surface area (Å²) >= 11 is 5.94. The number of nitrogens with zero attached hydrogens (tertiary/aromatic N) is 1. The molecule has 29 heavy (non-hydrogen) atoms. The lowest BCUT2D eigenvalue weighted by atomic mass is 10.1. The maximum atomic E-state index is 13.2. The number of rotatable bonds is 10. The monoisotopic (exact) mass is 420 g/mol. The number of halogens is 2. The molecule has 5 nitrogen and oxygen atoms in total. The van der Waals surface area contributed by atoms with Gasteiger partial charge in [0.1, 0.15) is 17.6 Å². The molecule has 2 aromatic rings. The van der Waals surface area contributed by atoms with E-state index in [0.717, 1.165) is 18.4 Å². The van der Waals surface area contributed by atoms with Crippen LogP contribution in [0.3, 0.4) is 0 Å². The lowest BCUT2D eigenvalue weighted by molar-refractivity contribution is -0.142. The summed E-state index contributed by atoms with van der Waals surface area (Å²) in [5.41, 5.74) is 0.718. The van der Waals surface area contributed by atoms with E-state index in [1.807, 2.05) is 6.92 Å². The zero-order valence-electron chi connectivity index (χ0n) is 16.7. The van der Waals surface area contributed by atoms with Gasteiger partial charge in [0.05, 0.1) is 0 Å². The molecule has 2 rings (SSSR count). The van der Waals surface area contributed by atoms with Crippen molar-refractivity contribution < 1.29 is 18.7 Å². The van der Waals surface area contributed by atoms with Crippen LogP contribution in [0, 0.1) is 5.82 Å². The molecular weight excluding hydrogens is 395 g/mol. The fourth-order valence-corrected chi connectivity index (χ4v) is 2.87. The molecule has 156 valence electrons. The van der Waals surface area contributed by atoms with Gasteiger partial charge in [0.15, 0.2) is 6.61 Å². The summed E-state index contributed by atoms with van der Waals surface area (Å²) in [6.45, 7) is 4.18. The maximum absolute atomic E-state index is 13.2. The Kier molecular flexibility index (Phi) is 8.93. The highest BCUT2D eigenvalue weighted by molar-refractivity contribution is 6.30. The minimum Gasteiger partial charge on any atom is -0.484 e. The van der Waals surface area contributed by atoms with Crippen LogP contribution in [0.2, 0.25) is 5.02 Å². The summed E-state index contributed by atoms with van der Waals surface area (Å²) in [6.07, 6.45) is 1.82. The van der Waals surface area contributed by atoms with Crippen LogP contribution in [0.1, 0.15) is 32.3 Å². The normalized spacial score (nSPS) is 11.6. The Morgan fingerprint density at radius 2 is 1.93 bits per heavy atom. The molecule has 0 unspecified atom stereocenters. The Balaban J connectivity index is 2.10. The zero-order valence-corrected chi connectivity index (χ0v) is 17.4. The molecule has 0 fully saturated rings. The number of carbonyl (C=O) groups excluding carboxylic acids is 2. The van der Waals surface area contributed by atoms with Gasteiger partial charge in [-0.1, -0.05) is 43.1 Å². The molecule has 0 heterocycles. The van der Waals surface area contributed by atoms with Gasteiger partial charge in [0.2, 0.25) is 5.91 Å². The molecule has 0 aliphatic carbocycles. The average Bonchev–Trinajstić information content (AvgIpc) is 2.71. The van der Waals surface area contributed by atoms with Gasteiger partial charge in [-0.3, -0.25) is 9.59 Å². The number of benzene rings is 2. The highest BCUT2D eigenvalue weighted by Crippen LogP contribution is 2.18. The van der Waals surface area contributed by atoms with Crippen molar-refractivity contribution in [1.29, 1.82) is 0 Å². The maximum Gasteiger partial charge on any atom is 0.261 e. The second-order valence-electron chi connectivity index (χ2n) is 6.71. The average molecular weight is 421 g/mol. The van der Waals surface area contributed by atoms with E-state index >= 15 is 0 Å². The molecule has 7 heteroatoms. The van der Waals surface area contributed by atoms with Crippen molar-refractivity contribution in [3.05, 3.63) is 64.9 Å². The van der Waals surface area contributed by atoms with Crippen LogP contribution in [0.5, 0.6) is 5.75 Å². The SMILES string of the molecule is CCCCNC(=O)[C@@H](C)N(Cc1ccc(F)cc1)C(=O)COc1cccc(Cl)c1. The zero-order chi connectivity index (χ0) is 21.2. The fourth-order valence-electron chi connectivity index (χ4n) is 2.69. The van der Waals surface area contributed by atoms with Gasteiger partial charge in [0.25, 0.3) is 5.91 Å². The van der Waals surface area contributed by atoms with E-state index in [1.54, 1.807) is 43.3 Å². The molecule has 0 radical (unpaired) electrons. The first-order valence-corrected chi connectivity index (χ1v) is 9.98. The summed E-state index contributed by atoms with van der Waals surface area (Å²) in [6, 6.07) is 11.9. The van der Waals surface area contributed by atoms with Crippen molar-refractivity contribution >= 4 is 23.4 Å². The van der Waals surface area contributed by atoms with Gasteiger partial charge >= 0.3 is 0 Å². The van der Waals surface area contributed by atoms with E-state index in [2.05, 4.69) is 5.32 Å². The van der Waals surface area contributed by atoms with Crippen LogP contribution >= 0.6 is 11.6 Å². The van der Waals surface area contributed by atoms with Gasteiger partial charge in [-0.25, -0.2) is 4.39 Å². The quantitative estimate of drug-likeness (QED) is 0.586. The van der Waals surface area contributed by atoms with Crippen molar-refractivity contribution in [2.45, 2.75) is 39.3 Å². The Morgan fingerprint density at radius 1 is 1.21 bits per heavy atom. The standard InChI is InChI=1S/C22H26ClFN2O3/c1-3-4-12-25-22(28)16(2)26(14-17-8-10-19(24)11-9-17)21(27)15-29-20-7-5-6-18(23)13-20/h5-11,13,16H,3-4,12,14-15H2,1-2H3,(H,25,28)/t16-/m1/s1. The molecule has 1 N–H and O–H groups in total. The molecule has 0 aromatic heterocycles. The number of unbranched alkanes of at least 4 members (excludes halogenated alkanes) is 1. The molecule has 2 aromatic carbocycles. The van der Waals surface area contributed by atoms with Crippen LogP contribution < -0.4 is 10.1 Å². The largest absolute Gasteiger partial charge is 0.484 e. The van der Waals surface area contributed by atoms with Gasteiger partial charge in [-0.2, -0.15) is 0 Å². The Morgan fingerprint density at radius 3 is 2.59 bits per heavy atom. The van der Waals surface area contributed by atoms with Crippen LogP contribution in [0.25, 0.3) is 0 Å². The van der Waals surface area contributed by atoms with Crippen molar-refractivity contribution in [1.82, 2.24) is 10.2 Å². The van der Waals surface area contributed by atoms with Crippen molar-refractivity contribution in [2.24, 2.45) is 0 Å². The first-order valence-electron chi connectivity index (χ1n) is 9.60. The van der Waals surface area contributed by atoms with Crippen LogP contribution in [-0.2, 0) is 16.1 Å². The summed E-state index contributed by atoms with van der Waals surface area (Å²) in [4.78, 5) is 26.8. The molecule has 1 atom stereocenters. The molecule has 0 saturated carbocycles. The van der Waals surface area contributed by atoms with Crippen LogP contribution in [-0.4, -0.2) is 35.9 Å². The van der Waals surface area contributed by atoms with E-state index in [1.165, 1.54) is 17.0 Å². The number of hydrogen-bond acceptors (Lipinski definition) is 3. The summed E-state index contributed by atoms with van der Waals surface area (Å²) in [5, 5.41) is 3.35. The third kappa shape index (κ3) is 7.38. The Hall–Kier alpha value is -2.60. The molecule has 0 bridgehead atoms. The predicted molar refractivity (Wildman–Crippen MR) is 111 cm³/mol. The number of hydrogen-bond donors (Lipinski definition) is 1. The van der Waals surface area contributed by atoms with E-state index in [4.69, 9.17) is 16.3 Å².